The van der Waals surface area contributed by atoms with E-state index in [9.17, 15) is 14.9 Å². The van der Waals surface area contributed by atoms with Gasteiger partial charge in [0, 0.05) is 19.2 Å². The van der Waals surface area contributed by atoms with E-state index in [4.69, 9.17) is 0 Å². The minimum atomic E-state index is -0.558. The molecule has 112 valence electrons. The zero-order valence-corrected chi connectivity index (χ0v) is 11.7. The van der Waals surface area contributed by atoms with Crippen LogP contribution in [0.4, 0.5) is 11.4 Å². The van der Waals surface area contributed by atoms with E-state index in [0.29, 0.717) is 18.8 Å². The molecular weight excluding hydrogens is 278 g/mol. The maximum Gasteiger partial charge on any atom is 0.300 e. The number of aromatic nitrogens is 2. The van der Waals surface area contributed by atoms with Gasteiger partial charge in [0.2, 0.25) is 11.4 Å². The summed E-state index contributed by atoms with van der Waals surface area (Å²) in [5.41, 5.74) is 0.570. The number of nitrogens with zero attached hydrogens (tertiary/aromatic N) is 4. The van der Waals surface area contributed by atoms with Gasteiger partial charge in [-0.25, -0.2) is 4.63 Å². The van der Waals surface area contributed by atoms with Gasteiger partial charge in [-0.3, -0.25) is 14.9 Å². The minimum Gasteiger partial charge on any atom is -0.374 e. The van der Waals surface area contributed by atoms with Crippen molar-refractivity contribution in [2.45, 2.75) is 13.8 Å². The number of carbonyl (C=O) groups is 1. The summed E-state index contributed by atoms with van der Waals surface area (Å²) in [5, 5.41) is 21.0. The number of nitrogens with one attached hydrogen (secondary N) is 1. The number of non-ortho nitro benzene ring substituents is 1. The molecule has 1 heterocycles. The number of likely N-dealkylation sites (N-methyl/N-ethyl adjacent to an activating group) is 1. The van der Waals surface area contributed by atoms with Crippen LogP contribution in [0.15, 0.2) is 16.8 Å². The van der Waals surface area contributed by atoms with Gasteiger partial charge in [-0.05, 0) is 30.2 Å². The van der Waals surface area contributed by atoms with E-state index in [-0.39, 0.29) is 29.2 Å². The second-order valence-corrected chi connectivity index (χ2v) is 4.27. The van der Waals surface area contributed by atoms with Crippen molar-refractivity contribution < 1.29 is 14.3 Å². The van der Waals surface area contributed by atoms with Gasteiger partial charge in [0.1, 0.15) is 0 Å². The molecule has 0 atom stereocenters. The fourth-order valence-electron chi connectivity index (χ4n) is 2.00. The lowest BCUT2D eigenvalue weighted by atomic mass is 10.2. The quantitative estimate of drug-likeness (QED) is 0.632. The molecule has 0 fully saturated rings. The minimum absolute atomic E-state index is 0.0558. The number of carbonyl (C=O) groups excluding carboxylic acids is 1. The summed E-state index contributed by atoms with van der Waals surface area (Å²) in [6, 6.07) is 2.79. The second-order valence-electron chi connectivity index (χ2n) is 4.27. The van der Waals surface area contributed by atoms with E-state index in [1.807, 2.05) is 13.8 Å². The maximum atomic E-state index is 11.9. The average molecular weight is 293 g/mol. The van der Waals surface area contributed by atoms with E-state index >= 15 is 0 Å². The Kier molecular flexibility index (Phi) is 4.31. The van der Waals surface area contributed by atoms with Gasteiger partial charge in [0.05, 0.1) is 17.2 Å². The molecule has 1 amide bonds. The first kappa shape index (κ1) is 14.7. The number of rotatable bonds is 6. The van der Waals surface area contributed by atoms with E-state index in [1.165, 1.54) is 12.1 Å². The Hall–Kier alpha value is -2.71. The number of amides is 1. The summed E-state index contributed by atoms with van der Waals surface area (Å²) in [5.74, 6) is -0.0667. The number of hydrogen-bond acceptors (Lipinski definition) is 7. The fraction of sp³-hybridized carbons (Fsp3) is 0.417. The predicted molar refractivity (Wildman–Crippen MR) is 74.9 cm³/mol. The third kappa shape index (κ3) is 2.91. The Morgan fingerprint density at radius 3 is 2.62 bits per heavy atom. The molecule has 0 saturated heterocycles. The molecule has 2 aromatic rings. The average Bonchev–Trinajstić information content (AvgIpc) is 2.95. The highest BCUT2D eigenvalue weighted by molar-refractivity contribution is 5.94. The topological polar surface area (TPSA) is 114 Å². The Morgan fingerprint density at radius 2 is 2.00 bits per heavy atom. The molecule has 2 rings (SSSR count). The van der Waals surface area contributed by atoms with Crippen molar-refractivity contribution >= 4 is 28.3 Å². The monoisotopic (exact) mass is 293 g/mol. The Balaban J connectivity index is 2.20. The van der Waals surface area contributed by atoms with E-state index in [1.54, 1.807) is 4.90 Å². The molecule has 1 aromatic carbocycles. The first-order valence-electron chi connectivity index (χ1n) is 6.49. The number of hydrogen-bond donors (Lipinski definition) is 1. The normalized spacial score (nSPS) is 10.6. The van der Waals surface area contributed by atoms with Gasteiger partial charge >= 0.3 is 5.69 Å². The van der Waals surface area contributed by atoms with Gasteiger partial charge in [-0.15, -0.1) is 0 Å². The van der Waals surface area contributed by atoms with Crippen molar-refractivity contribution in [2.24, 2.45) is 0 Å². The standard InChI is InChI=1S/C12H15N5O4/c1-3-16(4-2)10(18)7-13-8-5-6-9(17(19)20)12-11(8)14-21-15-12/h5-6,13H,3-4,7H2,1-2H3. The van der Waals surface area contributed by atoms with E-state index in [2.05, 4.69) is 20.3 Å². The molecule has 0 radical (unpaired) electrons. The molecule has 9 heteroatoms. The zero-order chi connectivity index (χ0) is 15.4. The summed E-state index contributed by atoms with van der Waals surface area (Å²) >= 11 is 0. The number of nitro benzene ring substituents is 1. The lowest BCUT2D eigenvalue weighted by Gasteiger charge is -2.19. The summed E-state index contributed by atoms with van der Waals surface area (Å²) < 4.78 is 4.55. The van der Waals surface area contributed by atoms with Gasteiger partial charge in [0.25, 0.3) is 0 Å². The number of fused-ring (bicyclic) bond motifs is 1. The molecule has 21 heavy (non-hydrogen) atoms. The number of benzene rings is 1. The van der Waals surface area contributed by atoms with Crippen LogP contribution in [-0.2, 0) is 4.79 Å². The van der Waals surface area contributed by atoms with Crippen LogP contribution in [0, 0.1) is 10.1 Å². The molecule has 1 aromatic heterocycles. The molecule has 0 saturated carbocycles. The largest absolute Gasteiger partial charge is 0.374 e. The first-order chi connectivity index (χ1) is 10.1. The Bertz CT molecular complexity index is 665. The highest BCUT2D eigenvalue weighted by Gasteiger charge is 2.20. The summed E-state index contributed by atoms with van der Waals surface area (Å²) in [6.45, 7) is 5.11. The summed E-state index contributed by atoms with van der Waals surface area (Å²) in [4.78, 5) is 23.9. The van der Waals surface area contributed by atoms with E-state index < -0.39 is 4.92 Å². The highest BCUT2D eigenvalue weighted by atomic mass is 16.6. The van der Waals surface area contributed by atoms with Crippen molar-refractivity contribution in [1.29, 1.82) is 0 Å². The number of nitro groups is 1. The summed E-state index contributed by atoms with van der Waals surface area (Å²) in [7, 11) is 0. The third-order valence-corrected chi connectivity index (χ3v) is 3.14. The second kappa shape index (κ2) is 6.16. The molecule has 0 aliphatic heterocycles. The van der Waals surface area contributed by atoms with Crippen LogP contribution in [0.3, 0.4) is 0 Å². The van der Waals surface area contributed by atoms with Gasteiger partial charge in [0.15, 0.2) is 5.52 Å². The van der Waals surface area contributed by atoms with Crippen LogP contribution in [0.1, 0.15) is 13.8 Å². The van der Waals surface area contributed by atoms with Crippen LogP contribution in [0.2, 0.25) is 0 Å². The molecule has 0 unspecified atom stereocenters. The van der Waals surface area contributed by atoms with Gasteiger partial charge in [-0.2, -0.15) is 0 Å². The molecule has 1 N–H and O–H groups in total. The zero-order valence-electron chi connectivity index (χ0n) is 11.7. The van der Waals surface area contributed by atoms with Crippen LogP contribution < -0.4 is 5.32 Å². The molecule has 0 bridgehead atoms. The van der Waals surface area contributed by atoms with Gasteiger partial charge in [-0.1, -0.05) is 0 Å². The highest BCUT2D eigenvalue weighted by Crippen LogP contribution is 2.28. The molecular formula is C12H15N5O4. The molecule has 0 aliphatic carbocycles. The SMILES string of the molecule is CCN(CC)C(=O)CNc1ccc([N+](=O)[O-])c2nonc12. The Morgan fingerprint density at radius 1 is 1.33 bits per heavy atom. The van der Waals surface area contributed by atoms with Crippen molar-refractivity contribution in [3.8, 4) is 0 Å². The first-order valence-corrected chi connectivity index (χ1v) is 6.49. The summed E-state index contributed by atoms with van der Waals surface area (Å²) in [6.07, 6.45) is 0. The van der Waals surface area contributed by atoms with Crippen molar-refractivity contribution in [3.63, 3.8) is 0 Å². The lowest BCUT2D eigenvalue weighted by Crippen LogP contribution is -2.35. The van der Waals surface area contributed by atoms with E-state index in [0.717, 1.165) is 0 Å². The predicted octanol–water partition coefficient (Wildman–Crippen LogP) is 1.41. The molecule has 0 spiro atoms. The Labute approximate surface area is 120 Å². The van der Waals surface area contributed by atoms with Crippen LogP contribution in [0.5, 0.6) is 0 Å². The van der Waals surface area contributed by atoms with Crippen LogP contribution in [0.25, 0.3) is 11.0 Å². The lowest BCUT2D eigenvalue weighted by molar-refractivity contribution is -0.383. The number of anilines is 1. The smallest absolute Gasteiger partial charge is 0.300 e. The van der Waals surface area contributed by atoms with Crippen LogP contribution >= 0.6 is 0 Å². The van der Waals surface area contributed by atoms with Crippen molar-refractivity contribution in [2.75, 3.05) is 25.0 Å². The molecule has 9 nitrogen and oxygen atoms in total. The fourth-order valence-corrected chi connectivity index (χ4v) is 2.00. The van der Waals surface area contributed by atoms with Crippen LogP contribution in [-0.4, -0.2) is 45.7 Å². The van der Waals surface area contributed by atoms with Gasteiger partial charge < -0.3 is 10.2 Å². The molecule has 0 aliphatic rings. The maximum absolute atomic E-state index is 11.9. The van der Waals surface area contributed by atoms with Crippen molar-refractivity contribution in [1.82, 2.24) is 15.2 Å². The third-order valence-electron chi connectivity index (χ3n) is 3.14. The van der Waals surface area contributed by atoms with Crippen molar-refractivity contribution in [3.05, 3.63) is 22.2 Å².